The second-order valence-corrected chi connectivity index (χ2v) is 21.7. The van der Waals surface area contributed by atoms with E-state index in [2.05, 4.69) is 5.32 Å². The third-order valence-electron chi connectivity index (χ3n) is 15.8. The average Bonchev–Trinajstić information content (AvgIpc) is 3.58. The van der Waals surface area contributed by atoms with Gasteiger partial charge in [0.1, 0.15) is 17.5 Å². The Morgan fingerprint density at radius 1 is 0.890 bits per heavy atom. The highest BCUT2D eigenvalue weighted by Gasteiger charge is 2.61. The van der Waals surface area contributed by atoms with E-state index in [0.717, 1.165) is 5.56 Å². The minimum atomic E-state index is -1.55. The summed E-state index contributed by atoms with van der Waals surface area (Å²) in [4.78, 5) is 86.9. The Morgan fingerprint density at radius 2 is 1.59 bits per heavy atom. The highest BCUT2D eigenvalue weighted by atomic mass is 16.7. The summed E-state index contributed by atoms with van der Waals surface area (Å²) in [5.74, 6) is -5.97. The molecular formula is C54H81N3O16. The standard InChI is InChI=1S/C54H81N3O16/c1-16-40-54(12)45-31(4)42(60)29(2)27-53(11,65-24-18-20-37-19-17-21-38(26-37)48(61)55-22-23-57(45)51(63)73-54)46(72-50-44(68-35(8)58)39(56(13)14)25-30(3)66-50)32(5)43(33(6)49(62)70-40)71-41-28-52(10,64-15)47(34(7)67-41)69-36(9)59/h17-21,26,29-34,39-41,43-47,50H,16,22-25,27-28H2,1-15H3,(H,55,61)/b20-18-/t29-,30-,31+,32+,33-,34+,39+,40-,41+,43+,44-,45-,46-,47+,50+,52-,53-,54-/m1/s1. The van der Waals surface area contributed by atoms with Gasteiger partial charge in [-0.2, -0.15) is 0 Å². The number of ether oxygens (including phenoxy) is 10. The number of nitrogens with one attached hydrogen (secondary N) is 1. The zero-order valence-corrected chi connectivity index (χ0v) is 45.5. The Balaban J connectivity index is 1.58. The molecule has 4 saturated heterocycles. The molecule has 6 rings (SSSR count). The molecule has 5 heterocycles. The van der Waals surface area contributed by atoms with Crippen LogP contribution in [0.3, 0.4) is 0 Å². The van der Waals surface area contributed by atoms with Crippen LogP contribution >= 0.6 is 0 Å². The van der Waals surface area contributed by atoms with Gasteiger partial charge in [0.2, 0.25) is 0 Å². The number of benzene rings is 1. The molecule has 4 bridgehead atoms. The Morgan fingerprint density at radius 3 is 2.23 bits per heavy atom. The van der Waals surface area contributed by atoms with E-state index in [9.17, 15) is 19.2 Å². The lowest BCUT2D eigenvalue weighted by atomic mass is 9.73. The summed E-state index contributed by atoms with van der Waals surface area (Å²) in [6.07, 6.45) is -4.67. The lowest BCUT2D eigenvalue weighted by Gasteiger charge is -2.50. The number of esters is 3. The Hall–Kier alpha value is -4.50. The largest absolute Gasteiger partial charge is 0.458 e. The third-order valence-corrected chi connectivity index (χ3v) is 15.8. The minimum Gasteiger partial charge on any atom is -0.458 e. The molecule has 0 spiro atoms. The second-order valence-electron chi connectivity index (χ2n) is 21.7. The van der Waals surface area contributed by atoms with Gasteiger partial charge in [0, 0.05) is 63.8 Å². The number of ketones is 1. The molecular weight excluding hydrogens is 947 g/mol. The topological polar surface area (TPSA) is 213 Å². The van der Waals surface area contributed by atoms with Crippen LogP contribution in [0.4, 0.5) is 4.79 Å². The minimum absolute atomic E-state index is 0.0167. The van der Waals surface area contributed by atoms with E-state index in [1.807, 2.05) is 71.8 Å². The van der Waals surface area contributed by atoms with Gasteiger partial charge >= 0.3 is 24.0 Å². The maximum atomic E-state index is 15.3. The van der Waals surface area contributed by atoms with Gasteiger partial charge in [-0.05, 0) is 92.6 Å². The molecule has 18 atom stereocenters. The number of Topliss-reactive ketones (excluding diaryl/α,β-unsaturated/α-hetero) is 1. The monoisotopic (exact) mass is 1030 g/mol. The summed E-state index contributed by atoms with van der Waals surface area (Å²) in [5, 5.41) is 2.92. The number of hydrogen-bond acceptors (Lipinski definition) is 17. The normalized spacial score (nSPS) is 40.5. The summed E-state index contributed by atoms with van der Waals surface area (Å²) in [7, 11) is 5.29. The molecule has 0 aliphatic carbocycles. The first-order valence-corrected chi connectivity index (χ1v) is 25.9. The third kappa shape index (κ3) is 12.6. The zero-order valence-electron chi connectivity index (χ0n) is 45.5. The number of likely N-dealkylation sites (N-methyl/N-ethyl adjacent to an activating group) is 1. The molecule has 0 aromatic heterocycles. The van der Waals surface area contributed by atoms with E-state index in [4.69, 9.17) is 47.4 Å². The van der Waals surface area contributed by atoms with Crippen molar-refractivity contribution < 1.29 is 76.1 Å². The Labute approximate surface area is 430 Å². The first kappa shape index (κ1) is 57.8. The summed E-state index contributed by atoms with van der Waals surface area (Å²) in [5.41, 5.74) is -2.98. The summed E-state index contributed by atoms with van der Waals surface area (Å²) >= 11 is 0. The van der Waals surface area contributed by atoms with Crippen LogP contribution in [0.2, 0.25) is 0 Å². The van der Waals surface area contributed by atoms with Crippen LogP contribution in [0.15, 0.2) is 30.3 Å². The molecule has 2 amide bonds. The fraction of sp³-hybridized carbons (Fsp3) is 0.741. The van der Waals surface area contributed by atoms with Gasteiger partial charge in [-0.25, -0.2) is 4.79 Å². The molecule has 408 valence electrons. The van der Waals surface area contributed by atoms with E-state index in [1.54, 1.807) is 52.8 Å². The van der Waals surface area contributed by atoms with Crippen molar-refractivity contribution in [3.8, 4) is 0 Å². The maximum Gasteiger partial charge on any atom is 0.410 e. The van der Waals surface area contributed by atoms with E-state index in [-0.39, 0.29) is 62.8 Å². The summed E-state index contributed by atoms with van der Waals surface area (Å²) in [6.45, 7) is 20.5. The van der Waals surface area contributed by atoms with E-state index in [0.29, 0.717) is 12.0 Å². The predicted octanol–water partition coefficient (Wildman–Crippen LogP) is 5.88. The number of nitrogens with zero attached hydrogens (tertiary/aromatic N) is 2. The van der Waals surface area contributed by atoms with Crippen molar-refractivity contribution in [2.45, 2.75) is 193 Å². The van der Waals surface area contributed by atoms with Gasteiger partial charge < -0.3 is 57.6 Å². The molecule has 5 aliphatic rings. The number of hydrogen-bond donors (Lipinski definition) is 1. The molecule has 0 saturated carbocycles. The second kappa shape index (κ2) is 23.6. The SMILES string of the molecule is CC[C@H]1OC(=O)[C@H](C)[C@@H](O[C@H]2C[C@@](C)(OC)[C@@H](OC(C)=O)[C@H](C)O2)[C@H](C)[C@@H](O[C@@H]2O[C@H](C)C[C@H](N(C)C)[C@H]2OC(C)=O)[C@@]2(C)C[C@@H](C)C(=O)[C@H](C)[C@H]3N(CCNC(=O)c4cccc(c4)/C=C\CO2)C(=O)O[C@]13C. The molecule has 1 N–H and O–H groups in total. The van der Waals surface area contributed by atoms with Crippen molar-refractivity contribution in [3.05, 3.63) is 41.5 Å². The molecule has 0 unspecified atom stereocenters. The van der Waals surface area contributed by atoms with Gasteiger partial charge in [-0.1, -0.05) is 52.0 Å². The molecule has 19 heteroatoms. The van der Waals surface area contributed by atoms with Crippen LogP contribution in [-0.2, 0) is 66.5 Å². The van der Waals surface area contributed by atoms with Crippen molar-refractivity contribution in [3.63, 3.8) is 0 Å². The Kier molecular flexibility index (Phi) is 18.7. The summed E-state index contributed by atoms with van der Waals surface area (Å²) in [6, 6.07) is 5.76. The number of rotatable bonds is 9. The van der Waals surface area contributed by atoms with Gasteiger partial charge in [0.25, 0.3) is 5.91 Å². The van der Waals surface area contributed by atoms with E-state index in [1.165, 1.54) is 25.9 Å². The quantitative estimate of drug-likeness (QED) is 0.226. The smallest absolute Gasteiger partial charge is 0.410 e. The van der Waals surface area contributed by atoms with Crippen LogP contribution in [0, 0.1) is 23.7 Å². The van der Waals surface area contributed by atoms with Crippen molar-refractivity contribution in [1.29, 1.82) is 0 Å². The fourth-order valence-corrected chi connectivity index (χ4v) is 12.1. The first-order valence-electron chi connectivity index (χ1n) is 25.9. The number of carbonyl (C=O) groups excluding carboxylic acids is 6. The van der Waals surface area contributed by atoms with Crippen LogP contribution < -0.4 is 5.32 Å². The van der Waals surface area contributed by atoms with Gasteiger partial charge in [0.15, 0.2) is 30.4 Å². The molecule has 1 aromatic rings. The molecule has 1 aromatic carbocycles. The number of carbonyl (C=O) groups is 6. The molecule has 73 heavy (non-hydrogen) atoms. The van der Waals surface area contributed by atoms with Crippen LogP contribution in [0.25, 0.3) is 6.08 Å². The average molecular weight is 1030 g/mol. The summed E-state index contributed by atoms with van der Waals surface area (Å²) < 4.78 is 65.2. The van der Waals surface area contributed by atoms with Crippen molar-refractivity contribution in [2.24, 2.45) is 23.7 Å². The zero-order chi connectivity index (χ0) is 53.9. The highest BCUT2D eigenvalue weighted by molar-refractivity contribution is 5.94. The molecule has 0 radical (unpaired) electrons. The lowest BCUT2D eigenvalue weighted by Crippen LogP contribution is -2.62. The van der Waals surface area contributed by atoms with Gasteiger partial charge in [0.05, 0.1) is 54.6 Å². The fourth-order valence-electron chi connectivity index (χ4n) is 12.1. The number of methoxy groups -OCH3 is 1. The van der Waals surface area contributed by atoms with Crippen LogP contribution in [-0.4, -0.2) is 171 Å². The predicted molar refractivity (Wildman–Crippen MR) is 266 cm³/mol. The van der Waals surface area contributed by atoms with Gasteiger partial charge in [-0.3, -0.25) is 28.9 Å². The Bertz CT molecular complexity index is 2190. The van der Waals surface area contributed by atoms with Crippen molar-refractivity contribution >= 4 is 41.8 Å². The van der Waals surface area contributed by atoms with Crippen molar-refractivity contribution in [2.75, 3.05) is 40.9 Å². The first-order chi connectivity index (χ1) is 34.3. The molecule has 5 aliphatic heterocycles. The maximum absolute atomic E-state index is 15.3. The highest BCUT2D eigenvalue weighted by Crippen LogP contribution is 2.45. The molecule has 19 nitrogen and oxygen atoms in total. The lowest BCUT2D eigenvalue weighted by molar-refractivity contribution is -0.321. The number of amides is 2. The number of fused-ring (bicyclic) bond motifs is 6. The van der Waals surface area contributed by atoms with Crippen LogP contribution in [0.5, 0.6) is 0 Å². The van der Waals surface area contributed by atoms with Crippen molar-refractivity contribution in [1.82, 2.24) is 15.1 Å². The van der Waals surface area contributed by atoms with Crippen LogP contribution in [0.1, 0.15) is 125 Å². The molecule has 4 fully saturated rings. The van der Waals surface area contributed by atoms with E-state index >= 15 is 9.59 Å². The van der Waals surface area contributed by atoms with E-state index < -0.39 is 120 Å². The van der Waals surface area contributed by atoms with Gasteiger partial charge in [-0.15, -0.1) is 0 Å². The number of cyclic esters (lactones) is 1.